The first-order valence-electron chi connectivity index (χ1n) is 9.16. The van der Waals surface area contributed by atoms with Gasteiger partial charge in [-0.15, -0.1) is 0 Å². The molecule has 0 fully saturated rings. The van der Waals surface area contributed by atoms with E-state index in [2.05, 4.69) is 0 Å². The van der Waals surface area contributed by atoms with Crippen LogP contribution in [0.2, 0.25) is 0 Å². The van der Waals surface area contributed by atoms with E-state index in [4.69, 9.17) is 18.6 Å². The third kappa shape index (κ3) is 3.67. The molecule has 5 nitrogen and oxygen atoms in total. The Kier molecular flexibility index (Phi) is 5.20. The van der Waals surface area contributed by atoms with Crippen LogP contribution in [0.25, 0.3) is 22.3 Å². The van der Waals surface area contributed by atoms with Crippen LogP contribution >= 0.6 is 0 Å². The highest BCUT2D eigenvalue weighted by molar-refractivity contribution is 5.81. The summed E-state index contributed by atoms with van der Waals surface area (Å²) in [5.41, 5.74) is 1.94. The van der Waals surface area contributed by atoms with Crippen LogP contribution < -0.4 is 19.6 Å². The summed E-state index contributed by atoms with van der Waals surface area (Å²) < 4.78 is 22.7. The molecule has 146 valence electrons. The van der Waals surface area contributed by atoms with Gasteiger partial charge in [0.2, 0.25) is 11.2 Å². The van der Waals surface area contributed by atoms with Crippen molar-refractivity contribution in [2.24, 2.45) is 0 Å². The highest BCUT2D eigenvalue weighted by atomic mass is 16.5. The fraction of sp³-hybridized carbons (Fsp3) is 0.125. The Bertz CT molecular complexity index is 1200. The van der Waals surface area contributed by atoms with Gasteiger partial charge in [-0.2, -0.15) is 0 Å². The molecule has 1 heterocycles. The molecule has 0 radical (unpaired) electrons. The highest BCUT2D eigenvalue weighted by Crippen LogP contribution is 2.32. The molecular weight excluding hydrogens is 368 g/mol. The molecule has 3 aromatic carbocycles. The van der Waals surface area contributed by atoms with Crippen molar-refractivity contribution in [1.29, 1.82) is 0 Å². The van der Waals surface area contributed by atoms with Gasteiger partial charge >= 0.3 is 0 Å². The number of fused-ring (bicyclic) bond motifs is 1. The quantitative estimate of drug-likeness (QED) is 0.462. The van der Waals surface area contributed by atoms with Gasteiger partial charge in [0.05, 0.1) is 19.6 Å². The maximum atomic E-state index is 13.1. The van der Waals surface area contributed by atoms with Gasteiger partial charge in [-0.1, -0.05) is 48.5 Å². The fourth-order valence-electron chi connectivity index (χ4n) is 3.16. The van der Waals surface area contributed by atoms with E-state index in [1.165, 1.54) is 0 Å². The topological polar surface area (TPSA) is 57.9 Å². The van der Waals surface area contributed by atoms with Gasteiger partial charge in [0.1, 0.15) is 12.2 Å². The highest BCUT2D eigenvalue weighted by Gasteiger charge is 2.18. The summed E-state index contributed by atoms with van der Waals surface area (Å²) in [7, 11) is 3.16. The molecule has 0 aliphatic carbocycles. The Balaban J connectivity index is 1.76. The molecule has 29 heavy (non-hydrogen) atoms. The lowest BCUT2D eigenvalue weighted by molar-refractivity contribution is 0.296. The van der Waals surface area contributed by atoms with Crippen molar-refractivity contribution in [3.63, 3.8) is 0 Å². The second-order valence-corrected chi connectivity index (χ2v) is 6.43. The molecule has 1 aromatic heterocycles. The normalized spacial score (nSPS) is 10.7. The molecule has 0 unspecified atom stereocenters. The summed E-state index contributed by atoms with van der Waals surface area (Å²) in [6.07, 6.45) is 0. The minimum absolute atomic E-state index is 0.184. The van der Waals surface area contributed by atoms with Gasteiger partial charge in [0, 0.05) is 5.56 Å². The minimum Gasteiger partial charge on any atom is -0.493 e. The average molecular weight is 388 g/mol. The molecule has 0 aliphatic heterocycles. The Morgan fingerprint density at radius 2 is 1.55 bits per heavy atom. The van der Waals surface area contributed by atoms with Crippen molar-refractivity contribution >= 4 is 11.0 Å². The summed E-state index contributed by atoms with van der Waals surface area (Å²) >= 11 is 0. The van der Waals surface area contributed by atoms with E-state index in [9.17, 15) is 4.79 Å². The molecule has 0 spiro atoms. The van der Waals surface area contributed by atoms with Gasteiger partial charge in [0.25, 0.3) is 0 Å². The van der Waals surface area contributed by atoms with Gasteiger partial charge in [-0.25, -0.2) is 0 Å². The van der Waals surface area contributed by atoms with E-state index in [1.54, 1.807) is 38.5 Å². The lowest BCUT2D eigenvalue weighted by atomic mass is 10.1. The largest absolute Gasteiger partial charge is 0.493 e. The summed E-state index contributed by atoms with van der Waals surface area (Å²) in [5.74, 6) is 1.83. The van der Waals surface area contributed by atoms with Crippen LogP contribution in [0.1, 0.15) is 5.56 Å². The van der Waals surface area contributed by atoms with E-state index in [1.807, 2.05) is 48.5 Å². The number of rotatable bonds is 6. The number of hydrogen-bond acceptors (Lipinski definition) is 5. The average Bonchev–Trinajstić information content (AvgIpc) is 2.78. The zero-order valence-electron chi connectivity index (χ0n) is 16.2. The van der Waals surface area contributed by atoms with Crippen LogP contribution in [-0.4, -0.2) is 14.2 Å². The van der Waals surface area contributed by atoms with Crippen molar-refractivity contribution in [3.8, 4) is 28.6 Å². The molecule has 4 aromatic rings. The first-order valence-corrected chi connectivity index (χ1v) is 9.16. The first kappa shape index (κ1) is 18.6. The van der Waals surface area contributed by atoms with Crippen molar-refractivity contribution in [2.75, 3.05) is 14.2 Å². The molecule has 0 bridgehead atoms. The van der Waals surface area contributed by atoms with Crippen molar-refractivity contribution in [2.45, 2.75) is 6.61 Å². The third-order valence-electron chi connectivity index (χ3n) is 4.62. The van der Waals surface area contributed by atoms with Crippen LogP contribution in [0, 0.1) is 0 Å². The van der Waals surface area contributed by atoms with Gasteiger partial charge in [-0.3, -0.25) is 4.79 Å². The lowest BCUT2D eigenvalue weighted by Crippen LogP contribution is -2.10. The monoisotopic (exact) mass is 388 g/mol. The minimum atomic E-state index is -0.203. The van der Waals surface area contributed by atoms with E-state index in [0.29, 0.717) is 28.2 Å². The fourth-order valence-corrected chi connectivity index (χ4v) is 3.16. The standard InChI is InChI=1S/C24H20O5/c1-26-20-13-12-16(14-21(20)27-2)15-28-24-22(25)18-10-6-7-11-19(18)29-23(24)17-8-4-3-5-9-17/h3-14H,15H2,1-2H3. The molecule has 4 rings (SSSR count). The lowest BCUT2D eigenvalue weighted by Gasteiger charge is -2.13. The molecule has 0 amide bonds. The van der Waals surface area contributed by atoms with Crippen LogP contribution in [0.5, 0.6) is 17.2 Å². The maximum Gasteiger partial charge on any atom is 0.235 e. The predicted octanol–water partition coefficient (Wildman–Crippen LogP) is 5.06. The van der Waals surface area contributed by atoms with Crippen molar-refractivity contribution in [3.05, 3.63) is 88.6 Å². The van der Waals surface area contributed by atoms with E-state index in [-0.39, 0.29) is 17.8 Å². The molecular formula is C24H20O5. The molecule has 0 saturated heterocycles. The third-order valence-corrected chi connectivity index (χ3v) is 4.62. The van der Waals surface area contributed by atoms with Crippen molar-refractivity contribution < 1.29 is 18.6 Å². The van der Waals surface area contributed by atoms with E-state index in [0.717, 1.165) is 11.1 Å². The second kappa shape index (κ2) is 8.10. The van der Waals surface area contributed by atoms with Crippen molar-refractivity contribution in [1.82, 2.24) is 0 Å². The number of benzene rings is 3. The van der Waals surface area contributed by atoms with E-state index < -0.39 is 0 Å². The summed E-state index contributed by atoms with van der Waals surface area (Å²) in [6.45, 7) is 0.184. The number of hydrogen-bond donors (Lipinski definition) is 0. The van der Waals surface area contributed by atoms with Crippen LogP contribution in [0.4, 0.5) is 0 Å². The first-order chi connectivity index (χ1) is 14.2. The van der Waals surface area contributed by atoms with Gasteiger partial charge < -0.3 is 18.6 Å². The molecule has 0 saturated carbocycles. The molecule has 0 aliphatic rings. The molecule has 0 N–H and O–H groups in total. The Morgan fingerprint density at radius 3 is 2.31 bits per heavy atom. The maximum absolute atomic E-state index is 13.1. The number of methoxy groups -OCH3 is 2. The Morgan fingerprint density at radius 1 is 0.828 bits per heavy atom. The number of ether oxygens (including phenoxy) is 3. The zero-order valence-corrected chi connectivity index (χ0v) is 16.2. The summed E-state index contributed by atoms with van der Waals surface area (Å²) in [6, 6.07) is 22.1. The van der Waals surface area contributed by atoms with Crippen LogP contribution in [0.15, 0.2) is 82.0 Å². The van der Waals surface area contributed by atoms with E-state index >= 15 is 0 Å². The Labute approximate surface area is 168 Å². The molecule has 0 atom stereocenters. The van der Waals surface area contributed by atoms with Gasteiger partial charge in [0.15, 0.2) is 17.3 Å². The summed E-state index contributed by atoms with van der Waals surface area (Å²) in [5, 5.41) is 0.481. The smallest absolute Gasteiger partial charge is 0.235 e. The molecule has 5 heteroatoms. The number of para-hydroxylation sites is 1. The summed E-state index contributed by atoms with van der Waals surface area (Å²) in [4.78, 5) is 13.1. The van der Waals surface area contributed by atoms with Crippen LogP contribution in [0.3, 0.4) is 0 Å². The zero-order chi connectivity index (χ0) is 20.2. The SMILES string of the molecule is COc1ccc(COc2c(-c3ccccc3)oc3ccccc3c2=O)cc1OC. The predicted molar refractivity (Wildman–Crippen MR) is 112 cm³/mol. The van der Waals surface area contributed by atoms with Crippen LogP contribution in [-0.2, 0) is 6.61 Å². The van der Waals surface area contributed by atoms with Gasteiger partial charge in [-0.05, 0) is 29.8 Å². The second-order valence-electron chi connectivity index (χ2n) is 6.43. The Hall–Kier alpha value is -3.73.